The normalized spacial score (nSPS) is 18.8. The lowest BCUT2D eigenvalue weighted by Crippen LogP contribution is -2.21. The summed E-state index contributed by atoms with van der Waals surface area (Å²) in [6.45, 7) is 8.66. The lowest BCUT2D eigenvalue weighted by molar-refractivity contribution is -0.524. The Balaban J connectivity index is 2.57. The molecule has 0 radical (unpaired) electrons. The van der Waals surface area contributed by atoms with Crippen LogP contribution in [0.15, 0.2) is 23.3 Å². The van der Waals surface area contributed by atoms with Crippen LogP contribution in [0, 0.1) is 15.5 Å². The van der Waals surface area contributed by atoms with Gasteiger partial charge in [0, 0.05) is 24.2 Å². The molecule has 0 heterocycles. The Kier molecular flexibility index (Phi) is 8.37. The van der Waals surface area contributed by atoms with Crippen LogP contribution in [0.4, 0.5) is 0 Å². The van der Waals surface area contributed by atoms with Crippen LogP contribution >= 0.6 is 0 Å². The van der Waals surface area contributed by atoms with Gasteiger partial charge in [-0.3, -0.25) is 14.9 Å². The van der Waals surface area contributed by atoms with Crippen LogP contribution in [0.2, 0.25) is 0 Å². The van der Waals surface area contributed by atoms with E-state index >= 15 is 0 Å². The molecule has 0 aliphatic heterocycles. The third-order valence-electron chi connectivity index (χ3n) is 5.14. The van der Waals surface area contributed by atoms with E-state index < -0.39 is 6.04 Å². The summed E-state index contributed by atoms with van der Waals surface area (Å²) >= 11 is 0. The van der Waals surface area contributed by atoms with Crippen LogP contribution in [0.3, 0.4) is 0 Å². The maximum Gasteiger partial charge on any atom is 0.213 e. The van der Waals surface area contributed by atoms with Gasteiger partial charge in [-0.2, -0.15) is 0 Å². The molecule has 0 saturated carbocycles. The van der Waals surface area contributed by atoms with Crippen molar-refractivity contribution in [2.45, 2.75) is 91.5 Å². The van der Waals surface area contributed by atoms with Gasteiger partial charge in [-0.1, -0.05) is 45.3 Å². The SMILES string of the molecule is CCCCCC(CCC(=O)/C=C/C1=C(C)CCCC1(C)C)[N+](=O)[O-]. The maximum atomic E-state index is 12.1. The van der Waals surface area contributed by atoms with E-state index in [-0.39, 0.29) is 22.5 Å². The third-order valence-corrected chi connectivity index (χ3v) is 5.14. The van der Waals surface area contributed by atoms with E-state index in [1.165, 1.54) is 17.6 Å². The van der Waals surface area contributed by atoms with Gasteiger partial charge in [0.2, 0.25) is 6.04 Å². The second kappa shape index (κ2) is 9.75. The van der Waals surface area contributed by atoms with E-state index in [4.69, 9.17) is 0 Å². The molecule has 1 aliphatic carbocycles. The van der Waals surface area contributed by atoms with Crippen LogP contribution in [-0.2, 0) is 4.79 Å². The smallest absolute Gasteiger partial charge is 0.213 e. The Morgan fingerprint density at radius 2 is 2.04 bits per heavy atom. The summed E-state index contributed by atoms with van der Waals surface area (Å²) in [5.74, 6) is -0.000912. The van der Waals surface area contributed by atoms with Crippen molar-refractivity contribution in [3.05, 3.63) is 33.4 Å². The number of nitro groups is 1. The van der Waals surface area contributed by atoms with Crippen LogP contribution < -0.4 is 0 Å². The molecule has 4 nitrogen and oxygen atoms in total. The number of carbonyl (C=O) groups excluding carboxylic acids is 1. The second-order valence-electron chi connectivity index (χ2n) is 7.70. The summed E-state index contributed by atoms with van der Waals surface area (Å²) < 4.78 is 0. The highest BCUT2D eigenvalue weighted by Gasteiger charge is 2.26. The highest BCUT2D eigenvalue weighted by atomic mass is 16.6. The third kappa shape index (κ3) is 6.58. The van der Waals surface area contributed by atoms with Crippen molar-refractivity contribution in [1.29, 1.82) is 0 Å². The first kappa shape index (κ1) is 20.6. The van der Waals surface area contributed by atoms with Crippen molar-refractivity contribution in [3.8, 4) is 0 Å². The van der Waals surface area contributed by atoms with Gasteiger partial charge < -0.3 is 0 Å². The average Bonchev–Trinajstić information content (AvgIpc) is 2.49. The summed E-state index contributed by atoms with van der Waals surface area (Å²) in [5, 5.41) is 11.1. The van der Waals surface area contributed by atoms with Gasteiger partial charge in [0.15, 0.2) is 5.78 Å². The largest absolute Gasteiger partial charge is 0.295 e. The minimum Gasteiger partial charge on any atom is -0.295 e. The minimum atomic E-state index is -0.582. The highest BCUT2D eigenvalue weighted by Crippen LogP contribution is 2.40. The molecule has 0 amide bonds. The van der Waals surface area contributed by atoms with E-state index in [0.717, 1.165) is 32.1 Å². The van der Waals surface area contributed by atoms with Crippen molar-refractivity contribution in [3.63, 3.8) is 0 Å². The Labute approximate surface area is 146 Å². The zero-order valence-corrected chi connectivity index (χ0v) is 15.8. The molecule has 1 unspecified atom stereocenters. The molecule has 0 N–H and O–H groups in total. The molecule has 4 heteroatoms. The van der Waals surface area contributed by atoms with Crippen molar-refractivity contribution in [1.82, 2.24) is 0 Å². The molecular formula is C20H33NO3. The topological polar surface area (TPSA) is 60.2 Å². The number of hydrogen-bond acceptors (Lipinski definition) is 3. The second-order valence-corrected chi connectivity index (χ2v) is 7.70. The molecule has 136 valence electrons. The summed E-state index contributed by atoms with van der Waals surface area (Å²) in [4.78, 5) is 23.0. The van der Waals surface area contributed by atoms with Crippen LogP contribution in [-0.4, -0.2) is 16.7 Å². The molecule has 1 rings (SSSR count). The van der Waals surface area contributed by atoms with Gasteiger partial charge >= 0.3 is 0 Å². The Morgan fingerprint density at radius 3 is 2.62 bits per heavy atom. The zero-order chi connectivity index (χ0) is 18.2. The lowest BCUT2D eigenvalue weighted by atomic mass is 9.72. The molecule has 0 aromatic heterocycles. The summed E-state index contributed by atoms with van der Waals surface area (Å²) in [6, 6.07) is -0.582. The summed E-state index contributed by atoms with van der Waals surface area (Å²) in [7, 11) is 0. The van der Waals surface area contributed by atoms with Gasteiger partial charge in [-0.25, -0.2) is 0 Å². The zero-order valence-electron chi connectivity index (χ0n) is 15.8. The Bertz CT molecular complexity index is 503. The van der Waals surface area contributed by atoms with Crippen LogP contribution in [0.5, 0.6) is 0 Å². The number of hydrogen-bond donors (Lipinski definition) is 0. The fourth-order valence-corrected chi connectivity index (χ4v) is 3.56. The van der Waals surface area contributed by atoms with E-state index in [0.29, 0.717) is 12.8 Å². The van der Waals surface area contributed by atoms with Gasteiger partial charge in [-0.15, -0.1) is 0 Å². The Morgan fingerprint density at radius 1 is 1.33 bits per heavy atom. The molecule has 1 aliphatic rings. The predicted octanol–water partition coefficient (Wildman–Crippen LogP) is 5.64. The molecule has 24 heavy (non-hydrogen) atoms. The van der Waals surface area contributed by atoms with Crippen molar-refractivity contribution in [2.24, 2.45) is 5.41 Å². The van der Waals surface area contributed by atoms with E-state index in [1.54, 1.807) is 6.08 Å². The molecule has 0 aromatic carbocycles. The quantitative estimate of drug-likeness (QED) is 0.224. The number of allylic oxidation sites excluding steroid dienone is 4. The highest BCUT2D eigenvalue weighted by molar-refractivity contribution is 5.90. The van der Waals surface area contributed by atoms with Crippen molar-refractivity contribution >= 4 is 5.78 Å². The van der Waals surface area contributed by atoms with E-state index in [2.05, 4.69) is 27.7 Å². The lowest BCUT2D eigenvalue weighted by Gasteiger charge is -2.32. The average molecular weight is 335 g/mol. The first-order valence-corrected chi connectivity index (χ1v) is 9.32. The first-order valence-electron chi connectivity index (χ1n) is 9.32. The number of unbranched alkanes of at least 4 members (excludes halogenated alkanes) is 2. The van der Waals surface area contributed by atoms with Crippen molar-refractivity contribution in [2.75, 3.05) is 0 Å². The fourth-order valence-electron chi connectivity index (χ4n) is 3.56. The molecule has 0 spiro atoms. The molecule has 0 saturated heterocycles. The maximum absolute atomic E-state index is 12.1. The van der Waals surface area contributed by atoms with Gasteiger partial charge in [-0.05, 0) is 49.7 Å². The van der Waals surface area contributed by atoms with E-state index in [1.807, 2.05) is 6.08 Å². The predicted molar refractivity (Wildman–Crippen MR) is 98.6 cm³/mol. The van der Waals surface area contributed by atoms with Crippen LogP contribution in [0.25, 0.3) is 0 Å². The number of carbonyl (C=O) groups is 1. The Hall–Kier alpha value is -1.45. The molecule has 0 bridgehead atoms. The number of ketones is 1. The molecule has 0 aromatic rings. The number of rotatable bonds is 10. The van der Waals surface area contributed by atoms with Gasteiger partial charge in [0.1, 0.15) is 0 Å². The fraction of sp³-hybridized carbons (Fsp3) is 0.750. The van der Waals surface area contributed by atoms with Crippen molar-refractivity contribution < 1.29 is 9.72 Å². The van der Waals surface area contributed by atoms with E-state index in [9.17, 15) is 14.9 Å². The minimum absolute atomic E-state index is 0.000912. The van der Waals surface area contributed by atoms with Gasteiger partial charge in [0.05, 0.1) is 0 Å². The summed E-state index contributed by atoms with van der Waals surface area (Å²) in [5.41, 5.74) is 2.73. The van der Waals surface area contributed by atoms with Gasteiger partial charge in [0.25, 0.3) is 0 Å². The number of nitrogens with zero attached hydrogens (tertiary/aromatic N) is 1. The first-order chi connectivity index (χ1) is 11.3. The molecule has 0 fully saturated rings. The summed E-state index contributed by atoms with van der Waals surface area (Å²) in [6.07, 6.45) is 11.1. The molecular weight excluding hydrogens is 302 g/mol. The standard InChI is InChI=1S/C20H33NO3/c1-5-6-7-10-17(21(23)24)11-12-18(22)13-14-19-16(2)9-8-15-20(19,3)4/h13-14,17H,5-12,15H2,1-4H3/b14-13+. The molecule has 1 atom stereocenters. The van der Waals surface area contributed by atoms with Crippen LogP contribution in [0.1, 0.15) is 85.5 Å². The monoisotopic (exact) mass is 335 g/mol.